The maximum Gasteiger partial charge on any atom is 0.320 e. The van der Waals surface area contributed by atoms with Gasteiger partial charge in [0.05, 0.1) is 13.2 Å². The summed E-state index contributed by atoms with van der Waals surface area (Å²) in [6.45, 7) is 16.3. The highest BCUT2D eigenvalue weighted by Gasteiger charge is 2.12. The molecule has 0 aliphatic heterocycles. The third-order valence-electron chi connectivity index (χ3n) is 4.44. The van der Waals surface area contributed by atoms with Gasteiger partial charge in [-0.1, -0.05) is 80.1 Å². The van der Waals surface area contributed by atoms with Crippen LogP contribution >= 0.6 is 0 Å². The highest BCUT2D eigenvalue weighted by Crippen LogP contribution is 2.11. The van der Waals surface area contributed by atoms with Crippen molar-refractivity contribution in [2.75, 3.05) is 26.2 Å². The molecule has 0 heterocycles. The first-order valence-corrected chi connectivity index (χ1v) is 10.7. The highest BCUT2D eigenvalue weighted by atomic mass is 16.5. The zero-order chi connectivity index (χ0) is 19.1. The minimum absolute atomic E-state index is 0.0574. The summed E-state index contributed by atoms with van der Waals surface area (Å²) in [7, 11) is 0. The Morgan fingerprint density at radius 3 is 1.60 bits per heavy atom. The molecule has 0 radical (unpaired) electrons. The van der Waals surface area contributed by atoms with Crippen molar-refractivity contribution in [3.05, 3.63) is 0 Å². The molecular formula is C22H45NO2. The number of unbranched alkanes of at least 4 members (excludes halogenated alkanes) is 4. The molecule has 0 rings (SSSR count). The lowest BCUT2D eigenvalue weighted by Gasteiger charge is -2.22. The highest BCUT2D eigenvalue weighted by molar-refractivity contribution is 5.71. The zero-order valence-corrected chi connectivity index (χ0v) is 18.0. The second-order valence-electron chi connectivity index (χ2n) is 8.84. The Morgan fingerprint density at radius 1 is 0.720 bits per heavy atom. The average molecular weight is 356 g/mol. The van der Waals surface area contributed by atoms with E-state index in [-0.39, 0.29) is 5.97 Å². The topological polar surface area (TPSA) is 29.5 Å². The second-order valence-corrected chi connectivity index (χ2v) is 8.84. The molecule has 3 heteroatoms. The molecule has 0 spiro atoms. The monoisotopic (exact) mass is 355 g/mol. The van der Waals surface area contributed by atoms with Gasteiger partial charge in [0.25, 0.3) is 0 Å². The van der Waals surface area contributed by atoms with Crippen molar-refractivity contribution in [2.45, 2.75) is 92.9 Å². The van der Waals surface area contributed by atoms with Crippen LogP contribution < -0.4 is 0 Å². The molecule has 0 aliphatic rings. The van der Waals surface area contributed by atoms with Gasteiger partial charge < -0.3 is 4.74 Å². The van der Waals surface area contributed by atoms with E-state index in [0.29, 0.717) is 19.1 Å². The third-order valence-corrected chi connectivity index (χ3v) is 4.44. The minimum Gasteiger partial charge on any atom is -0.464 e. The summed E-state index contributed by atoms with van der Waals surface area (Å²) >= 11 is 0. The second kappa shape index (κ2) is 15.7. The summed E-state index contributed by atoms with van der Waals surface area (Å²) in [5.41, 5.74) is 0. The Morgan fingerprint density at radius 2 is 1.20 bits per heavy atom. The van der Waals surface area contributed by atoms with E-state index in [2.05, 4.69) is 46.4 Å². The lowest BCUT2D eigenvalue weighted by molar-refractivity contribution is -0.146. The molecule has 0 saturated heterocycles. The molecule has 0 aliphatic carbocycles. The first-order chi connectivity index (χ1) is 11.8. The Bertz CT molecular complexity index is 295. The van der Waals surface area contributed by atoms with Crippen molar-refractivity contribution < 1.29 is 9.53 Å². The van der Waals surface area contributed by atoms with Crippen molar-refractivity contribution in [2.24, 2.45) is 17.8 Å². The van der Waals surface area contributed by atoms with Gasteiger partial charge in [-0.05, 0) is 43.7 Å². The Labute approximate surface area is 157 Å². The summed E-state index contributed by atoms with van der Waals surface area (Å²) in [5, 5.41) is 0. The molecule has 0 aromatic heterocycles. The third kappa shape index (κ3) is 18.0. The van der Waals surface area contributed by atoms with E-state index in [1.54, 1.807) is 0 Å². The van der Waals surface area contributed by atoms with Gasteiger partial charge in [-0.25, -0.2) is 0 Å². The van der Waals surface area contributed by atoms with Crippen LogP contribution in [-0.4, -0.2) is 37.1 Å². The minimum atomic E-state index is -0.0574. The van der Waals surface area contributed by atoms with E-state index >= 15 is 0 Å². The van der Waals surface area contributed by atoms with Gasteiger partial charge in [0.2, 0.25) is 0 Å². The van der Waals surface area contributed by atoms with E-state index in [1.165, 1.54) is 51.4 Å². The molecule has 0 fully saturated rings. The molecule has 0 N–H and O–H groups in total. The summed E-state index contributed by atoms with van der Waals surface area (Å²) in [6.07, 6.45) is 10.1. The van der Waals surface area contributed by atoms with E-state index in [0.717, 1.165) is 24.9 Å². The van der Waals surface area contributed by atoms with Crippen molar-refractivity contribution in [1.29, 1.82) is 0 Å². The molecule has 0 bridgehead atoms. The number of hydrogen-bond donors (Lipinski definition) is 0. The Kier molecular flexibility index (Phi) is 15.3. The van der Waals surface area contributed by atoms with Gasteiger partial charge in [0.15, 0.2) is 0 Å². The smallest absolute Gasteiger partial charge is 0.320 e. The van der Waals surface area contributed by atoms with Crippen LogP contribution in [0.2, 0.25) is 0 Å². The van der Waals surface area contributed by atoms with Crippen LogP contribution in [0.1, 0.15) is 92.9 Å². The number of ether oxygens (including phenoxy) is 1. The van der Waals surface area contributed by atoms with Crippen molar-refractivity contribution >= 4 is 5.97 Å². The van der Waals surface area contributed by atoms with Crippen LogP contribution in [0.3, 0.4) is 0 Å². The predicted octanol–water partition coefficient (Wildman–Crippen LogP) is 5.92. The van der Waals surface area contributed by atoms with Crippen LogP contribution in [-0.2, 0) is 9.53 Å². The Hall–Kier alpha value is -0.570. The average Bonchev–Trinajstić information content (AvgIpc) is 2.51. The first kappa shape index (κ1) is 24.4. The molecule has 0 atom stereocenters. The summed E-state index contributed by atoms with van der Waals surface area (Å²) in [4.78, 5) is 14.4. The van der Waals surface area contributed by atoms with Gasteiger partial charge in [-0.3, -0.25) is 9.69 Å². The molecule has 0 unspecified atom stereocenters. The molecule has 25 heavy (non-hydrogen) atoms. The van der Waals surface area contributed by atoms with Gasteiger partial charge in [0.1, 0.15) is 0 Å². The quantitative estimate of drug-likeness (QED) is 0.254. The molecule has 0 aromatic rings. The number of carbonyl (C=O) groups excluding carboxylic acids is 1. The van der Waals surface area contributed by atoms with Crippen molar-refractivity contribution in [3.8, 4) is 0 Å². The molecule has 0 amide bonds. The van der Waals surface area contributed by atoms with Crippen LogP contribution in [0.5, 0.6) is 0 Å². The maximum absolute atomic E-state index is 12.1. The van der Waals surface area contributed by atoms with Gasteiger partial charge in [-0.15, -0.1) is 0 Å². The van der Waals surface area contributed by atoms with E-state index in [9.17, 15) is 4.79 Å². The summed E-state index contributed by atoms with van der Waals surface area (Å²) in [6, 6.07) is 0. The van der Waals surface area contributed by atoms with Crippen LogP contribution in [0, 0.1) is 17.8 Å². The van der Waals surface area contributed by atoms with Gasteiger partial charge >= 0.3 is 5.97 Å². The standard InChI is InChI=1S/C22H45NO2/c1-19(2)13-9-7-11-15-23(16-12-8-10-14-20(3)4)17-22(24)25-18-21(5)6/h19-21H,7-18H2,1-6H3. The number of hydrogen-bond acceptors (Lipinski definition) is 3. The lowest BCUT2D eigenvalue weighted by atomic mass is 10.0. The number of rotatable bonds is 16. The molecular weight excluding hydrogens is 310 g/mol. The fourth-order valence-electron chi connectivity index (χ4n) is 2.89. The van der Waals surface area contributed by atoms with Crippen LogP contribution in [0.15, 0.2) is 0 Å². The Balaban J connectivity index is 4.09. The maximum atomic E-state index is 12.1. The first-order valence-electron chi connectivity index (χ1n) is 10.7. The number of carbonyl (C=O) groups is 1. The normalized spacial score (nSPS) is 11.9. The van der Waals surface area contributed by atoms with E-state index in [4.69, 9.17) is 4.74 Å². The fourth-order valence-corrected chi connectivity index (χ4v) is 2.89. The van der Waals surface area contributed by atoms with Crippen LogP contribution in [0.4, 0.5) is 0 Å². The summed E-state index contributed by atoms with van der Waals surface area (Å²) < 4.78 is 5.37. The molecule has 0 saturated carbocycles. The van der Waals surface area contributed by atoms with E-state index in [1.807, 2.05) is 0 Å². The van der Waals surface area contributed by atoms with Gasteiger partial charge in [-0.2, -0.15) is 0 Å². The van der Waals surface area contributed by atoms with Crippen molar-refractivity contribution in [3.63, 3.8) is 0 Å². The number of esters is 1. The lowest BCUT2D eigenvalue weighted by Crippen LogP contribution is -2.33. The van der Waals surface area contributed by atoms with Crippen LogP contribution in [0.25, 0.3) is 0 Å². The molecule has 0 aromatic carbocycles. The predicted molar refractivity (Wildman–Crippen MR) is 109 cm³/mol. The SMILES string of the molecule is CC(C)CCCCCN(CCCCCC(C)C)CC(=O)OCC(C)C. The van der Waals surface area contributed by atoms with E-state index < -0.39 is 0 Å². The summed E-state index contributed by atoms with van der Waals surface area (Å²) in [5.74, 6) is 1.94. The largest absolute Gasteiger partial charge is 0.464 e. The molecule has 3 nitrogen and oxygen atoms in total. The molecule has 150 valence electrons. The fraction of sp³-hybridized carbons (Fsp3) is 0.955. The van der Waals surface area contributed by atoms with Gasteiger partial charge in [0, 0.05) is 0 Å². The number of nitrogens with zero attached hydrogens (tertiary/aromatic N) is 1. The zero-order valence-electron chi connectivity index (χ0n) is 18.0. The van der Waals surface area contributed by atoms with Crippen molar-refractivity contribution in [1.82, 2.24) is 4.90 Å².